The number of H-pyrrole nitrogens is 1. The summed E-state index contributed by atoms with van der Waals surface area (Å²) < 4.78 is 5.86. The van der Waals surface area contributed by atoms with Crippen LogP contribution in [0.3, 0.4) is 0 Å². The maximum Gasteiger partial charge on any atom is 0.307 e. The molecule has 0 bridgehead atoms. The Hall–Kier alpha value is -3.33. The second-order valence-corrected chi connectivity index (χ2v) is 9.57. The van der Waals surface area contributed by atoms with Gasteiger partial charge in [-0.2, -0.15) is 5.21 Å². The van der Waals surface area contributed by atoms with Crippen molar-refractivity contribution in [1.82, 2.24) is 25.6 Å². The van der Waals surface area contributed by atoms with Gasteiger partial charge in [-0.05, 0) is 62.3 Å². The van der Waals surface area contributed by atoms with Crippen molar-refractivity contribution in [3.63, 3.8) is 0 Å². The van der Waals surface area contributed by atoms with Gasteiger partial charge in [0.25, 0.3) is 0 Å². The van der Waals surface area contributed by atoms with Gasteiger partial charge in [0.1, 0.15) is 5.75 Å². The van der Waals surface area contributed by atoms with Crippen molar-refractivity contribution >= 4 is 5.97 Å². The number of aromatic nitrogens is 5. The number of aromatic amines is 1. The number of pyridine rings is 1. The smallest absolute Gasteiger partial charge is 0.307 e. The number of hydrogen-bond donors (Lipinski definition) is 3. The Morgan fingerprint density at radius 2 is 1.77 bits per heavy atom. The molecule has 2 aromatic heterocycles. The molecule has 0 aliphatic heterocycles. The van der Waals surface area contributed by atoms with E-state index in [1.165, 1.54) is 0 Å². The van der Waals surface area contributed by atoms with Gasteiger partial charge in [0.2, 0.25) is 5.88 Å². The Morgan fingerprint density at radius 3 is 2.26 bits per heavy atom. The summed E-state index contributed by atoms with van der Waals surface area (Å²) in [5.41, 5.74) is 7.82. The van der Waals surface area contributed by atoms with E-state index < -0.39 is 17.8 Å². The van der Waals surface area contributed by atoms with Gasteiger partial charge in [0.05, 0.1) is 5.92 Å². The number of nitrogens with zero attached hydrogens (tertiary/aromatic N) is 4. The minimum Gasteiger partial charge on any atom is -0.481 e. The van der Waals surface area contributed by atoms with E-state index in [2.05, 4.69) is 25.6 Å². The van der Waals surface area contributed by atoms with Gasteiger partial charge in [-0.25, -0.2) is 4.98 Å². The quantitative estimate of drug-likeness (QED) is 0.355. The second-order valence-electron chi connectivity index (χ2n) is 9.57. The molecule has 1 aromatic carbocycles. The average molecular weight is 483 g/mol. The number of carboxylic acids is 1. The van der Waals surface area contributed by atoms with Crippen molar-refractivity contribution in [2.75, 3.05) is 0 Å². The molecule has 0 saturated heterocycles. The molecule has 0 spiro atoms. The molecular formula is C26H38N6O3. The number of rotatable bonds is 11. The summed E-state index contributed by atoms with van der Waals surface area (Å²) in [6, 6.07) is 11.4. The van der Waals surface area contributed by atoms with E-state index in [1.54, 1.807) is 12.3 Å². The fourth-order valence-corrected chi connectivity index (χ4v) is 3.85. The van der Waals surface area contributed by atoms with Crippen LogP contribution in [0, 0.1) is 11.8 Å². The van der Waals surface area contributed by atoms with Gasteiger partial charge in [-0.3, -0.25) is 4.79 Å². The Bertz CT molecular complexity index is 1010. The summed E-state index contributed by atoms with van der Waals surface area (Å²) in [5.74, 6) is -0.166. The summed E-state index contributed by atoms with van der Waals surface area (Å²) in [7, 11) is 0. The van der Waals surface area contributed by atoms with Crippen LogP contribution in [0.25, 0.3) is 0 Å². The molecule has 0 amide bonds. The summed E-state index contributed by atoms with van der Waals surface area (Å²) in [6.45, 7) is 12.0. The third-order valence-electron chi connectivity index (χ3n) is 5.28. The van der Waals surface area contributed by atoms with E-state index in [0.29, 0.717) is 30.3 Å². The molecule has 2 atom stereocenters. The van der Waals surface area contributed by atoms with Gasteiger partial charge < -0.3 is 15.6 Å². The molecule has 0 saturated carbocycles. The SMILES string of the molecule is CC.CC(C)C[C@H](C(=O)O)[C@H](Cc1ccc(Oc2ccc(CC(C)(C)N)cc2)nc1)c1nn[nH]n1. The summed E-state index contributed by atoms with van der Waals surface area (Å²) >= 11 is 0. The fourth-order valence-electron chi connectivity index (χ4n) is 3.85. The van der Waals surface area contributed by atoms with E-state index >= 15 is 0 Å². The number of aliphatic carboxylic acids is 1. The van der Waals surface area contributed by atoms with Crippen molar-refractivity contribution in [2.45, 2.75) is 72.3 Å². The first kappa shape index (κ1) is 27.9. The first-order chi connectivity index (χ1) is 16.6. The van der Waals surface area contributed by atoms with Gasteiger partial charge in [0.15, 0.2) is 5.82 Å². The zero-order valence-corrected chi connectivity index (χ0v) is 21.5. The molecule has 9 nitrogen and oxygen atoms in total. The van der Waals surface area contributed by atoms with E-state index in [9.17, 15) is 9.90 Å². The maximum atomic E-state index is 12.0. The molecule has 9 heteroatoms. The Kier molecular flexibility index (Phi) is 10.3. The van der Waals surface area contributed by atoms with E-state index in [1.807, 2.05) is 71.9 Å². The molecule has 0 radical (unpaired) electrons. The fraction of sp³-hybridized carbons (Fsp3) is 0.500. The van der Waals surface area contributed by atoms with Crippen LogP contribution in [-0.4, -0.2) is 42.2 Å². The molecule has 2 heterocycles. The van der Waals surface area contributed by atoms with Gasteiger partial charge in [-0.1, -0.05) is 51.1 Å². The number of nitrogens with one attached hydrogen (secondary N) is 1. The van der Waals surface area contributed by atoms with Crippen LogP contribution >= 0.6 is 0 Å². The highest BCUT2D eigenvalue weighted by molar-refractivity contribution is 5.71. The molecular weight excluding hydrogens is 444 g/mol. The number of tetrazole rings is 1. The van der Waals surface area contributed by atoms with Gasteiger partial charge in [-0.15, -0.1) is 10.2 Å². The predicted molar refractivity (Wildman–Crippen MR) is 135 cm³/mol. The van der Waals surface area contributed by atoms with Gasteiger partial charge in [0, 0.05) is 23.7 Å². The maximum absolute atomic E-state index is 12.0. The van der Waals surface area contributed by atoms with E-state index in [4.69, 9.17) is 10.5 Å². The molecule has 35 heavy (non-hydrogen) atoms. The highest BCUT2D eigenvalue weighted by Gasteiger charge is 2.33. The molecule has 0 fully saturated rings. The molecule has 4 N–H and O–H groups in total. The average Bonchev–Trinajstić information content (AvgIpc) is 3.33. The van der Waals surface area contributed by atoms with Crippen LogP contribution in [0.15, 0.2) is 42.6 Å². The predicted octanol–water partition coefficient (Wildman–Crippen LogP) is 4.77. The van der Waals surface area contributed by atoms with Crippen molar-refractivity contribution in [2.24, 2.45) is 17.6 Å². The van der Waals surface area contributed by atoms with Crippen LogP contribution in [0.4, 0.5) is 0 Å². The Morgan fingerprint density at radius 1 is 1.11 bits per heavy atom. The molecule has 190 valence electrons. The lowest BCUT2D eigenvalue weighted by molar-refractivity contribution is -0.143. The number of hydrogen-bond acceptors (Lipinski definition) is 7. The third kappa shape index (κ3) is 9.09. The molecule has 3 rings (SSSR count). The molecule has 0 unspecified atom stereocenters. The number of benzene rings is 1. The zero-order valence-electron chi connectivity index (χ0n) is 21.5. The van der Waals surface area contributed by atoms with E-state index in [-0.39, 0.29) is 11.5 Å². The van der Waals surface area contributed by atoms with Crippen LogP contribution < -0.4 is 10.5 Å². The van der Waals surface area contributed by atoms with Crippen LogP contribution in [0.5, 0.6) is 11.6 Å². The molecule has 0 aliphatic carbocycles. The number of ether oxygens (including phenoxy) is 1. The standard InChI is InChI=1S/C24H32N6O3.C2H6/c1-15(2)11-20(23(31)32)19(22-27-29-30-28-22)12-17-7-10-21(26-14-17)33-18-8-5-16(6-9-18)13-24(3,4)25;1-2/h5-10,14-15,19-20H,11-13,25H2,1-4H3,(H,31,32)(H,27,28,29,30);1-2H3/t19-,20-;/m0./s1. The first-order valence-corrected chi connectivity index (χ1v) is 12.1. The summed E-state index contributed by atoms with van der Waals surface area (Å²) in [4.78, 5) is 16.4. The second kappa shape index (κ2) is 12.9. The summed E-state index contributed by atoms with van der Waals surface area (Å²) in [5, 5.41) is 24.0. The minimum atomic E-state index is -0.868. The van der Waals surface area contributed by atoms with Crippen molar-refractivity contribution < 1.29 is 14.6 Å². The minimum absolute atomic E-state index is 0.219. The normalized spacial score (nSPS) is 13.0. The lowest BCUT2D eigenvalue weighted by Gasteiger charge is -2.23. The molecule has 0 aliphatic rings. The highest BCUT2D eigenvalue weighted by atomic mass is 16.5. The third-order valence-corrected chi connectivity index (χ3v) is 5.28. The van der Waals surface area contributed by atoms with Crippen molar-refractivity contribution in [3.8, 4) is 11.6 Å². The van der Waals surface area contributed by atoms with E-state index in [0.717, 1.165) is 17.5 Å². The number of nitrogens with two attached hydrogens (primary N) is 1. The lowest BCUT2D eigenvalue weighted by Crippen LogP contribution is -2.34. The highest BCUT2D eigenvalue weighted by Crippen LogP contribution is 2.31. The molecule has 3 aromatic rings. The van der Waals surface area contributed by atoms with Crippen LogP contribution in [0.1, 0.15) is 70.8 Å². The van der Waals surface area contributed by atoms with Crippen molar-refractivity contribution in [1.29, 1.82) is 0 Å². The largest absolute Gasteiger partial charge is 0.481 e. The lowest BCUT2D eigenvalue weighted by atomic mass is 9.81. The monoisotopic (exact) mass is 482 g/mol. The number of carbonyl (C=O) groups is 1. The first-order valence-electron chi connectivity index (χ1n) is 12.1. The van der Waals surface area contributed by atoms with Crippen LogP contribution in [0.2, 0.25) is 0 Å². The Balaban J connectivity index is 0.00000210. The topological polar surface area (TPSA) is 140 Å². The van der Waals surface area contributed by atoms with Crippen LogP contribution in [-0.2, 0) is 17.6 Å². The van der Waals surface area contributed by atoms with Gasteiger partial charge >= 0.3 is 5.97 Å². The number of carboxylic acid groups (broad SMARTS) is 1. The zero-order chi connectivity index (χ0) is 26.0. The summed E-state index contributed by atoms with van der Waals surface area (Å²) in [6.07, 6.45) is 3.42. The van der Waals surface area contributed by atoms with Crippen molar-refractivity contribution in [3.05, 3.63) is 59.5 Å². The Labute approximate surface area is 207 Å².